The molecule has 0 spiro atoms. The van der Waals surface area contributed by atoms with Gasteiger partial charge in [-0.1, -0.05) is 29.8 Å². The molecular formula is C9H7ClN2O2. The number of aromatic nitrogens is 2. The van der Waals surface area contributed by atoms with Gasteiger partial charge >= 0.3 is 0 Å². The number of hydrogen-bond donors (Lipinski definition) is 3. The van der Waals surface area contributed by atoms with Crippen molar-refractivity contribution in [1.82, 2.24) is 10.2 Å². The normalized spacial score (nSPS) is 10.4. The molecule has 0 bridgehead atoms. The molecule has 2 rings (SSSR count). The van der Waals surface area contributed by atoms with E-state index in [0.29, 0.717) is 10.6 Å². The first kappa shape index (κ1) is 8.90. The van der Waals surface area contributed by atoms with Crippen LogP contribution in [0.2, 0.25) is 5.02 Å². The van der Waals surface area contributed by atoms with E-state index in [1.165, 1.54) is 0 Å². The van der Waals surface area contributed by atoms with Gasteiger partial charge in [0, 0.05) is 10.6 Å². The molecule has 0 atom stereocenters. The highest BCUT2D eigenvalue weighted by molar-refractivity contribution is 6.33. The van der Waals surface area contributed by atoms with E-state index in [-0.39, 0.29) is 11.4 Å². The van der Waals surface area contributed by atoms with Crippen LogP contribution in [-0.2, 0) is 0 Å². The average Bonchev–Trinajstić information content (AvgIpc) is 2.48. The van der Waals surface area contributed by atoms with Crippen LogP contribution in [0, 0.1) is 0 Å². The Bertz CT molecular complexity index is 516. The third-order valence-electron chi connectivity index (χ3n) is 1.90. The number of H-pyrrole nitrogens is 2. The van der Waals surface area contributed by atoms with Crippen LogP contribution in [0.1, 0.15) is 0 Å². The molecule has 4 nitrogen and oxygen atoms in total. The summed E-state index contributed by atoms with van der Waals surface area (Å²) in [7, 11) is 0. The minimum Gasteiger partial charge on any atom is -0.493 e. The van der Waals surface area contributed by atoms with Gasteiger partial charge in [-0.25, -0.2) is 0 Å². The SMILES string of the molecule is O=c1[nH][nH]c(O)c1-c1ccccc1Cl. The average molecular weight is 211 g/mol. The summed E-state index contributed by atoms with van der Waals surface area (Å²) in [6, 6.07) is 6.82. The molecule has 0 saturated heterocycles. The zero-order chi connectivity index (χ0) is 10.1. The Morgan fingerprint density at radius 3 is 2.50 bits per heavy atom. The van der Waals surface area contributed by atoms with E-state index >= 15 is 0 Å². The zero-order valence-corrected chi connectivity index (χ0v) is 7.80. The van der Waals surface area contributed by atoms with Crippen LogP contribution in [-0.4, -0.2) is 15.3 Å². The molecule has 0 fully saturated rings. The van der Waals surface area contributed by atoms with Crippen LogP contribution in [0.4, 0.5) is 0 Å². The lowest BCUT2D eigenvalue weighted by atomic mass is 10.1. The number of nitrogens with one attached hydrogen (secondary N) is 2. The first-order valence-electron chi connectivity index (χ1n) is 3.94. The van der Waals surface area contributed by atoms with E-state index in [9.17, 15) is 9.90 Å². The molecular weight excluding hydrogens is 204 g/mol. The molecule has 0 unspecified atom stereocenters. The minimum atomic E-state index is -0.393. The summed E-state index contributed by atoms with van der Waals surface area (Å²) in [5.41, 5.74) is 0.278. The Balaban J connectivity index is 2.72. The van der Waals surface area contributed by atoms with Crippen molar-refractivity contribution in [1.29, 1.82) is 0 Å². The summed E-state index contributed by atoms with van der Waals surface area (Å²) in [5.74, 6) is -0.205. The van der Waals surface area contributed by atoms with Crippen molar-refractivity contribution in [3.63, 3.8) is 0 Å². The summed E-state index contributed by atoms with van der Waals surface area (Å²) >= 11 is 5.88. The maximum absolute atomic E-state index is 11.3. The second kappa shape index (κ2) is 3.23. The number of rotatable bonds is 1. The highest BCUT2D eigenvalue weighted by Gasteiger charge is 2.13. The maximum atomic E-state index is 11.3. The van der Waals surface area contributed by atoms with Gasteiger partial charge in [-0.05, 0) is 6.07 Å². The highest BCUT2D eigenvalue weighted by atomic mass is 35.5. The van der Waals surface area contributed by atoms with E-state index in [4.69, 9.17) is 11.6 Å². The Morgan fingerprint density at radius 1 is 1.21 bits per heavy atom. The van der Waals surface area contributed by atoms with E-state index in [1.54, 1.807) is 24.3 Å². The second-order valence-electron chi connectivity index (χ2n) is 2.78. The maximum Gasteiger partial charge on any atom is 0.275 e. The van der Waals surface area contributed by atoms with Gasteiger partial charge in [0.05, 0.1) is 0 Å². The van der Waals surface area contributed by atoms with Gasteiger partial charge in [0.15, 0.2) is 0 Å². The fraction of sp³-hybridized carbons (Fsp3) is 0. The summed E-state index contributed by atoms with van der Waals surface area (Å²) in [4.78, 5) is 11.3. The van der Waals surface area contributed by atoms with Crippen molar-refractivity contribution in [3.05, 3.63) is 39.6 Å². The summed E-state index contributed by atoms with van der Waals surface area (Å²) < 4.78 is 0. The number of benzene rings is 1. The smallest absolute Gasteiger partial charge is 0.275 e. The molecule has 72 valence electrons. The van der Waals surface area contributed by atoms with Crippen molar-refractivity contribution < 1.29 is 5.11 Å². The lowest BCUT2D eigenvalue weighted by Crippen LogP contribution is -2.01. The molecule has 0 aliphatic carbocycles. The first-order valence-corrected chi connectivity index (χ1v) is 4.32. The molecule has 1 aromatic carbocycles. The Labute approximate surface area is 84.1 Å². The lowest BCUT2D eigenvalue weighted by molar-refractivity contribution is 0.454. The lowest BCUT2D eigenvalue weighted by Gasteiger charge is -1.99. The molecule has 5 heteroatoms. The Morgan fingerprint density at radius 2 is 1.93 bits per heavy atom. The quantitative estimate of drug-likeness (QED) is 0.671. The molecule has 1 heterocycles. The predicted molar refractivity (Wildman–Crippen MR) is 53.5 cm³/mol. The Hall–Kier alpha value is -1.68. The predicted octanol–water partition coefficient (Wildman–Crippen LogP) is 1.73. The fourth-order valence-electron chi connectivity index (χ4n) is 1.26. The van der Waals surface area contributed by atoms with Crippen LogP contribution < -0.4 is 5.56 Å². The van der Waals surface area contributed by atoms with Crippen LogP contribution in [0.15, 0.2) is 29.1 Å². The molecule has 14 heavy (non-hydrogen) atoms. The third kappa shape index (κ3) is 1.29. The van der Waals surface area contributed by atoms with Crippen LogP contribution in [0.5, 0.6) is 5.88 Å². The topological polar surface area (TPSA) is 68.9 Å². The second-order valence-corrected chi connectivity index (χ2v) is 3.19. The molecule has 0 amide bonds. The molecule has 0 aliphatic rings. The van der Waals surface area contributed by atoms with Crippen molar-refractivity contribution in [3.8, 4) is 17.0 Å². The first-order chi connectivity index (χ1) is 6.70. The van der Waals surface area contributed by atoms with E-state index in [1.807, 2.05) is 0 Å². The number of halogens is 1. The van der Waals surface area contributed by atoms with Gasteiger partial charge in [0.25, 0.3) is 5.56 Å². The monoisotopic (exact) mass is 210 g/mol. The number of hydrogen-bond acceptors (Lipinski definition) is 2. The molecule has 0 radical (unpaired) electrons. The Kier molecular flexibility index (Phi) is 2.05. The minimum absolute atomic E-state index is 0.163. The largest absolute Gasteiger partial charge is 0.493 e. The van der Waals surface area contributed by atoms with Crippen LogP contribution in [0.3, 0.4) is 0 Å². The molecule has 2 aromatic rings. The highest BCUT2D eigenvalue weighted by Crippen LogP contribution is 2.29. The zero-order valence-electron chi connectivity index (χ0n) is 7.04. The molecule has 1 aromatic heterocycles. The van der Waals surface area contributed by atoms with E-state index < -0.39 is 5.56 Å². The summed E-state index contributed by atoms with van der Waals surface area (Å²) in [6.45, 7) is 0. The van der Waals surface area contributed by atoms with Gasteiger partial charge in [0.2, 0.25) is 5.88 Å². The van der Waals surface area contributed by atoms with Gasteiger partial charge < -0.3 is 5.11 Å². The van der Waals surface area contributed by atoms with Crippen LogP contribution in [0.25, 0.3) is 11.1 Å². The summed E-state index contributed by atoms with van der Waals surface area (Å²) in [6.07, 6.45) is 0. The van der Waals surface area contributed by atoms with Gasteiger partial charge in [0.1, 0.15) is 5.56 Å². The van der Waals surface area contributed by atoms with E-state index in [0.717, 1.165) is 0 Å². The van der Waals surface area contributed by atoms with Crippen LogP contribution >= 0.6 is 11.6 Å². The third-order valence-corrected chi connectivity index (χ3v) is 2.23. The van der Waals surface area contributed by atoms with Crippen molar-refractivity contribution in [2.45, 2.75) is 0 Å². The van der Waals surface area contributed by atoms with E-state index in [2.05, 4.69) is 10.2 Å². The standard InChI is InChI=1S/C9H7ClN2O2/c10-6-4-2-1-3-5(6)7-8(13)11-12-9(7)14/h1-4H,(H3,11,12,13,14). The van der Waals surface area contributed by atoms with Gasteiger partial charge in [-0.2, -0.15) is 0 Å². The fourth-order valence-corrected chi connectivity index (χ4v) is 1.49. The molecule has 3 N–H and O–H groups in total. The molecule has 0 aliphatic heterocycles. The van der Waals surface area contributed by atoms with Crippen molar-refractivity contribution in [2.24, 2.45) is 0 Å². The molecule has 0 saturated carbocycles. The summed E-state index contributed by atoms with van der Waals surface area (Å²) in [5, 5.41) is 14.4. The van der Waals surface area contributed by atoms with Crippen molar-refractivity contribution >= 4 is 11.6 Å². The number of aromatic amines is 2. The van der Waals surface area contributed by atoms with Crippen molar-refractivity contribution in [2.75, 3.05) is 0 Å². The van der Waals surface area contributed by atoms with Gasteiger partial charge in [-0.15, -0.1) is 0 Å². The number of aromatic hydroxyl groups is 1. The van der Waals surface area contributed by atoms with Gasteiger partial charge in [-0.3, -0.25) is 15.0 Å².